The monoisotopic (exact) mass is 262 g/mol. The number of Topliss-reactive ketones (excluding diaryl/α,β-unsaturated/α-hetero) is 2. The van der Waals surface area contributed by atoms with E-state index in [-0.39, 0.29) is 23.9 Å². The zero-order chi connectivity index (χ0) is 14.0. The predicted octanol–water partition coefficient (Wildman–Crippen LogP) is 2.42. The van der Waals surface area contributed by atoms with Crippen molar-refractivity contribution in [3.05, 3.63) is 23.3 Å². The number of hydrogen-bond acceptors (Lipinski definition) is 4. The SMILES string of the molecule is COc1cc(C)cc(OC)c1C1CC(=O)CC(=O)C1. The molecule has 1 aliphatic carbocycles. The minimum atomic E-state index is -0.140. The molecule has 1 aromatic carbocycles. The molecule has 0 heterocycles. The zero-order valence-corrected chi connectivity index (χ0v) is 11.5. The van der Waals surface area contributed by atoms with E-state index in [2.05, 4.69) is 0 Å². The normalized spacial score (nSPS) is 16.6. The van der Waals surface area contributed by atoms with Gasteiger partial charge in [0.25, 0.3) is 0 Å². The van der Waals surface area contributed by atoms with Gasteiger partial charge in [-0.2, -0.15) is 0 Å². The molecule has 0 spiro atoms. The van der Waals surface area contributed by atoms with Gasteiger partial charge in [0.15, 0.2) is 0 Å². The third kappa shape index (κ3) is 2.78. The molecule has 102 valence electrons. The number of ketones is 2. The first kappa shape index (κ1) is 13.6. The summed E-state index contributed by atoms with van der Waals surface area (Å²) in [6.07, 6.45) is 0.816. The Kier molecular flexibility index (Phi) is 3.88. The first-order chi connectivity index (χ1) is 9.05. The highest BCUT2D eigenvalue weighted by Gasteiger charge is 2.30. The highest BCUT2D eigenvalue weighted by atomic mass is 16.5. The van der Waals surface area contributed by atoms with Crippen LogP contribution in [-0.2, 0) is 9.59 Å². The molecule has 0 amide bonds. The average molecular weight is 262 g/mol. The van der Waals surface area contributed by atoms with Gasteiger partial charge in [0, 0.05) is 24.3 Å². The molecule has 0 aliphatic heterocycles. The van der Waals surface area contributed by atoms with Crippen molar-refractivity contribution in [2.24, 2.45) is 0 Å². The van der Waals surface area contributed by atoms with E-state index >= 15 is 0 Å². The van der Waals surface area contributed by atoms with E-state index < -0.39 is 0 Å². The lowest BCUT2D eigenvalue weighted by Crippen LogP contribution is -2.22. The predicted molar refractivity (Wildman–Crippen MR) is 70.9 cm³/mol. The summed E-state index contributed by atoms with van der Waals surface area (Å²) < 4.78 is 10.8. The number of carbonyl (C=O) groups is 2. The first-order valence-electron chi connectivity index (χ1n) is 6.31. The highest BCUT2D eigenvalue weighted by molar-refractivity contribution is 6.02. The van der Waals surface area contributed by atoms with Crippen molar-refractivity contribution in [1.82, 2.24) is 0 Å². The Morgan fingerprint density at radius 1 is 1.00 bits per heavy atom. The van der Waals surface area contributed by atoms with E-state index in [4.69, 9.17) is 9.47 Å². The number of hydrogen-bond donors (Lipinski definition) is 0. The van der Waals surface area contributed by atoms with Crippen LogP contribution in [0, 0.1) is 6.92 Å². The smallest absolute Gasteiger partial charge is 0.140 e. The number of carbonyl (C=O) groups excluding carboxylic acids is 2. The van der Waals surface area contributed by atoms with Crippen molar-refractivity contribution < 1.29 is 19.1 Å². The Bertz CT molecular complexity index is 478. The summed E-state index contributed by atoms with van der Waals surface area (Å²) in [7, 11) is 3.17. The minimum Gasteiger partial charge on any atom is -0.496 e. The molecule has 19 heavy (non-hydrogen) atoms. The van der Waals surface area contributed by atoms with Crippen molar-refractivity contribution in [3.63, 3.8) is 0 Å². The Labute approximate surface area is 112 Å². The zero-order valence-electron chi connectivity index (χ0n) is 11.5. The van der Waals surface area contributed by atoms with Crippen LogP contribution in [0.4, 0.5) is 0 Å². The molecule has 0 radical (unpaired) electrons. The molecule has 0 aromatic heterocycles. The fraction of sp³-hybridized carbons (Fsp3) is 0.467. The van der Waals surface area contributed by atoms with Gasteiger partial charge >= 0.3 is 0 Å². The Balaban J connectivity index is 2.47. The second-order valence-electron chi connectivity index (χ2n) is 4.94. The van der Waals surface area contributed by atoms with Crippen LogP contribution in [-0.4, -0.2) is 25.8 Å². The summed E-state index contributed by atoms with van der Waals surface area (Å²) in [6.45, 7) is 1.95. The summed E-state index contributed by atoms with van der Waals surface area (Å²) in [5.41, 5.74) is 1.85. The van der Waals surface area contributed by atoms with Gasteiger partial charge in [-0.25, -0.2) is 0 Å². The van der Waals surface area contributed by atoms with Gasteiger partial charge in [-0.15, -0.1) is 0 Å². The van der Waals surface area contributed by atoms with Crippen molar-refractivity contribution in [2.45, 2.75) is 32.1 Å². The maximum Gasteiger partial charge on any atom is 0.140 e. The van der Waals surface area contributed by atoms with Crippen LogP contribution in [0.3, 0.4) is 0 Å². The van der Waals surface area contributed by atoms with E-state index in [0.29, 0.717) is 24.3 Å². The van der Waals surface area contributed by atoms with Crippen LogP contribution < -0.4 is 9.47 Å². The number of aryl methyl sites for hydroxylation is 1. The average Bonchev–Trinajstić information content (AvgIpc) is 2.36. The third-order valence-electron chi connectivity index (χ3n) is 3.44. The van der Waals surface area contributed by atoms with Crippen LogP contribution in [0.1, 0.15) is 36.3 Å². The Morgan fingerprint density at radius 2 is 1.47 bits per heavy atom. The van der Waals surface area contributed by atoms with Crippen molar-refractivity contribution in [3.8, 4) is 11.5 Å². The number of ether oxygens (including phenoxy) is 2. The van der Waals surface area contributed by atoms with E-state index in [1.54, 1.807) is 14.2 Å². The van der Waals surface area contributed by atoms with Gasteiger partial charge in [0.2, 0.25) is 0 Å². The molecule has 1 fully saturated rings. The molecular weight excluding hydrogens is 244 g/mol. The summed E-state index contributed by atoms with van der Waals surface area (Å²) in [6, 6.07) is 3.81. The second-order valence-corrected chi connectivity index (χ2v) is 4.94. The van der Waals surface area contributed by atoms with Gasteiger partial charge in [-0.1, -0.05) is 0 Å². The van der Waals surface area contributed by atoms with Gasteiger partial charge in [0.1, 0.15) is 23.1 Å². The largest absolute Gasteiger partial charge is 0.496 e. The quantitative estimate of drug-likeness (QED) is 0.785. The van der Waals surface area contributed by atoms with Crippen molar-refractivity contribution in [2.75, 3.05) is 14.2 Å². The van der Waals surface area contributed by atoms with Gasteiger partial charge in [-0.05, 0) is 24.6 Å². The lowest BCUT2D eigenvalue weighted by Gasteiger charge is -2.24. The topological polar surface area (TPSA) is 52.6 Å². The number of methoxy groups -OCH3 is 2. The van der Waals surface area contributed by atoms with Crippen molar-refractivity contribution in [1.29, 1.82) is 0 Å². The van der Waals surface area contributed by atoms with E-state index in [9.17, 15) is 9.59 Å². The molecule has 0 unspecified atom stereocenters. The maximum absolute atomic E-state index is 11.6. The Hall–Kier alpha value is -1.84. The molecule has 1 aromatic rings. The Morgan fingerprint density at radius 3 is 1.89 bits per heavy atom. The molecule has 0 N–H and O–H groups in total. The molecule has 4 nitrogen and oxygen atoms in total. The molecule has 1 aliphatic rings. The van der Waals surface area contributed by atoms with Crippen LogP contribution in [0.15, 0.2) is 12.1 Å². The third-order valence-corrected chi connectivity index (χ3v) is 3.44. The molecule has 1 saturated carbocycles. The van der Waals surface area contributed by atoms with E-state index in [1.807, 2.05) is 19.1 Å². The molecular formula is C15H18O4. The fourth-order valence-electron chi connectivity index (χ4n) is 2.66. The highest BCUT2D eigenvalue weighted by Crippen LogP contribution is 2.41. The molecule has 2 rings (SSSR count). The van der Waals surface area contributed by atoms with Gasteiger partial charge in [0.05, 0.1) is 20.6 Å². The maximum atomic E-state index is 11.6. The van der Waals surface area contributed by atoms with E-state index in [0.717, 1.165) is 11.1 Å². The standard InChI is InChI=1S/C15H18O4/c1-9-4-13(18-2)15(14(5-9)19-3)10-6-11(16)8-12(17)7-10/h4-5,10H,6-8H2,1-3H3. The lowest BCUT2D eigenvalue weighted by molar-refractivity contribution is -0.130. The van der Waals surface area contributed by atoms with Crippen LogP contribution in [0.2, 0.25) is 0 Å². The summed E-state index contributed by atoms with van der Waals surface area (Å²) >= 11 is 0. The minimum absolute atomic E-state index is 0.00840. The van der Waals surface area contributed by atoms with Gasteiger partial charge < -0.3 is 9.47 Å². The van der Waals surface area contributed by atoms with Crippen LogP contribution >= 0.6 is 0 Å². The van der Waals surface area contributed by atoms with Crippen LogP contribution in [0.5, 0.6) is 11.5 Å². The van der Waals surface area contributed by atoms with Crippen LogP contribution in [0.25, 0.3) is 0 Å². The van der Waals surface area contributed by atoms with Gasteiger partial charge in [-0.3, -0.25) is 9.59 Å². The molecule has 0 bridgehead atoms. The fourth-order valence-corrected chi connectivity index (χ4v) is 2.66. The summed E-state index contributed by atoms with van der Waals surface area (Å²) in [5, 5.41) is 0. The van der Waals surface area contributed by atoms with Crippen molar-refractivity contribution >= 4 is 11.6 Å². The lowest BCUT2D eigenvalue weighted by atomic mass is 9.81. The summed E-state index contributed by atoms with van der Waals surface area (Å²) in [4.78, 5) is 23.2. The summed E-state index contributed by atoms with van der Waals surface area (Å²) in [5.74, 6) is 1.21. The number of rotatable bonds is 3. The molecule has 0 saturated heterocycles. The first-order valence-corrected chi connectivity index (χ1v) is 6.31. The van der Waals surface area contributed by atoms with E-state index in [1.165, 1.54) is 0 Å². The molecule has 4 heteroatoms. The number of benzene rings is 1. The second kappa shape index (κ2) is 5.43. The molecule has 0 atom stereocenters.